The Hall–Kier alpha value is -2.39. The maximum atomic E-state index is 6.10. The molecule has 0 amide bonds. The SMILES string of the molecule is C=CCn1c(Sc2nc(C3CC3)ns2)nnc1C1COc2ccccc2O1. The quantitative estimate of drug-likeness (QED) is 0.583. The average molecular weight is 400 g/mol. The third-order valence-corrected chi connectivity index (χ3v) is 6.15. The Labute approximate surface area is 164 Å². The maximum absolute atomic E-state index is 6.10. The summed E-state index contributed by atoms with van der Waals surface area (Å²) in [4.78, 5) is 4.63. The normalized spacial score (nSPS) is 18.4. The van der Waals surface area contributed by atoms with Crippen molar-refractivity contribution in [1.82, 2.24) is 24.1 Å². The van der Waals surface area contributed by atoms with Gasteiger partial charge in [-0.15, -0.1) is 16.8 Å². The summed E-state index contributed by atoms with van der Waals surface area (Å²) < 4.78 is 19.3. The molecule has 27 heavy (non-hydrogen) atoms. The highest BCUT2D eigenvalue weighted by Crippen LogP contribution is 2.41. The van der Waals surface area contributed by atoms with Gasteiger partial charge in [0.25, 0.3) is 0 Å². The zero-order valence-electron chi connectivity index (χ0n) is 14.4. The number of hydrogen-bond donors (Lipinski definition) is 0. The molecule has 7 nitrogen and oxygen atoms in total. The zero-order valence-corrected chi connectivity index (χ0v) is 16.1. The van der Waals surface area contributed by atoms with Crippen molar-refractivity contribution in [2.45, 2.75) is 40.9 Å². The van der Waals surface area contributed by atoms with Gasteiger partial charge in [-0.25, -0.2) is 4.98 Å². The molecule has 0 bridgehead atoms. The maximum Gasteiger partial charge on any atom is 0.198 e. The molecule has 1 aliphatic heterocycles. The standard InChI is InChI=1S/C18H17N5O2S2/c1-2-9-23-16(14-10-24-12-5-3-4-6-13(12)25-14)20-21-17(23)26-18-19-15(22-27-18)11-7-8-11/h2-6,11,14H,1,7-10H2. The number of rotatable bonds is 6. The summed E-state index contributed by atoms with van der Waals surface area (Å²) in [7, 11) is 0. The third-order valence-electron chi connectivity index (χ3n) is 4.40. The van der Waals surface area contributed by atoms with E-state index in [1.807, 2.05) is 34.9 Å². The summed E-state index contributed by atoms with van der Waals surface area (Å²) in [5.74, 6) is 3.69. The van der Waals surface area contributed by atoms with Crippen molar-refractivity contribution in [2.24, 2.45) is 0 Å². The smallest absolute Gasteiger partial charge is 0.198 e. The van der Waals surface area contributed by atoms with Gasteiger partial charge >= 0.3 is 0 Å². The molecular formula is C18H17N5O2S2. The second kappa shape index (κ2) is 6.97. The van der Waals surface area contributed by atoms with Gasteiger partial charge in [0.2, 0.25) is 0 Å². The summed E-state index contributed by atoms with van der Waals surface area (Å²) in [6, 6.07) is 7.64. The largest absolute Gasteiger partial charge is 0.485 e. The first-order valence-electron chi connectivity index (χ1n) is 8.75. The molecule has 0 saturated heterocycles. The van der Waals surface area contributed by atoms with Crippen LogP contribution < -0.4 is 9.47 Å². The average Bonchev–Trinajstić information content (AvgIpc) is 3.33. The van der Waals surface area contributed by atoms with Gasteiger partial charge in [-0.3, -0.25) is 4.57 Å². The van der Waals surface area contributed by atoms with Gasteiger partial charge in [0, 0.05) is 12.5 Å². The fraction of sp³-hybridized carbons (Fsp3) is 0.333. The van der Waals surface area contributed by atoms with Gasteiger partial charge in [0.15, 0.2) is 32.9 Å². The first-order valence-corrected chi connectivity index (χ1v) is 10.3. The minimum absolute atomic E-state index is 0.321. The zero-order chi connectivity index (χ0) is 18.2. The number of aromatic nitrogens is 5. The van der Waals surface area contributed by atoms with Gasteiger partial charge in [-0.1, -0.05) is 18.2 Å². The minimum atomic E-state index is -0.321. The van der Waals surface area contributed by atoms with Crippen molar-refractivity contribution >= 4 is 23.3 Å². The van der Waals surface area contributed by atoms with Crippen molar-refractivity contribution in [3.8, 4) is 11.5 Å². The molecule has 3 aromatic rings. The van der Waals surface area contributed by atoms with Crippen molar-refractivity contribution < 1.29 is 9.47 Å². The first-order chi connectivity index (χ1) is 13.3. The lowest BCUT2D eigenvalue weighted by atomic mass is 10.2. The van der Waals surface area contributed by atoms with Crippen LogP contribution in [0.15, 0.2) is 46.4 Å². The monoisotopic (exact) mass is 399 g/mol. The van der Waals surface area contributed by atoms with E-state index in [9.17, 15) is 0 Å². The molecule has 1 unspecified atom stereocenters. The lowest BCUT2D eigenvalue weighted by Crippen LogP contribution is -2.25. The summed E-state index contributed by atoms with van der Waals surface area (Å²) >= 11 is 2.89. The fourth-order valence-electron chi connectivity index (χ4n) is 2.91. The highest BCUT2D eigenvalue weighted by atomic mass is 32.2. The van der Waals surface area contributed by atoms with E-state index in [0.717, 1.165) is 26.9 Å². The molecule has 2 aliphatic rings. The Morgan fingerprint density at radius 3 is 2.93 bits per heavy atom. The number of allylic oxidation sites excluding steroid dienone is 1. The van der Waals surface area contributed by atoms with Crippen LogP contribution in [0.25, 0.3) is 0 Å². The molecule has 138 valence electrons. The van der Waals surface area contributed by atoms with Gasteiger partial charge in [0.1, 0.15) is 12.4 Å². The molecular weight excluding hydrogens is 382 g/mol. The van der Waals surface area contributed by atoms with Gasteiger partial charge < -0.3 is 9.47 Å². The van der Waals surface area contributed by atoms with Crippen LogP contribution >= 0.6 is 23.3 Å². The topological polar surface area (TPSA) is 75.0 Å². The fourth-order valence-corrected chi connectivity index (χ4v) is 4.54. The van der Waals surface area contributed by atoms with E-state index in [-0.39, 0.29) is 6.10 Å². The Morgan fingerprint density at radius 1 is 1.26 bits per heavy atom. The lowest BCUT2D eigenvalue weighted by molar-refractivity contribution is 0.0821. The Bertz CT molecular complexity index is 982. The predicted octanol–water partition coefficient (Wildman–Crippen LogP) is 3.86. The van der Waals surface area contributed by atoms with Crippen LogP contribution in [0.4, 0.5) is 0 Å². The number of para-hydroxylation sites is 2. The van der Waals surface area contributed by atoms with E-state index >= 15 is 0 Å². The van der Waals surface area contributed by atoms with Crippen LogP contribution in [0.2, 0.25) is 0 Å². The lowest BCUT2D eigenvalue weighted by Gasteiger charge is -2.26. The highest BCUT2D eigenvalue weighted by Gasteiger charge is 2.30. The number of fused-ring (bicyclic) bond motifs is 1. The molecule has 1 fully saturated rings. The number of benzene rings is 1. The van der Waals surface area contributed by atoms with E-state index in [0.29, 0.717) is 24.8 Å². The number of hydrogen-bond acceptors (Lipinski definition) is 8. The molecule has 2 aromatic heterocycles. The van der Waals surface area contributed by atoms with E-state index in [2.05, 4.69) is 26.1 Å². The predicted molar refractivity (Wildman–Crippen MR) is 102 cm³/mol. The van der Waals surface area contributed by atoms with Gasteiger partial charge in [-0.05, 0) is 48.3 Å². The molecule has 0 N–H and O–H groups in total. The van der Waals surface area contributed by atoms with Gasteiger partial charge in [-0.2, -0.15) is 4.37 Å². The summed E-state index contributed by atoms with van der Waals surface area (Å²) in [6.07, 6.45) is 3.89. The van der Waals surface area contributed by atoms with Crippen LogP contribution in [0.5, 0.6) is 11.5 Å². The third kappa shape index (κ3) is 3.32. The van der Waals surface area contributed by atoms with Crippen LogP contribution in [-0.2, 0) is 6.54 Å². The molecule has 9 heteroatoms. The molecule has 5 rings (SSSR count). The Morgan fingerprint density at radius 2 is 2.11 bits per heavy atom. The Kier molecular flexibility index (Phi) is 4.33. The van der Waals surface area contributed by atoms with Crippen molar-refractivity contribution in [3.05, 3.63) is 48.6 Å². The summed E-state index contributed by atoms with van der Waals surface area (Å²) in [5, 5.41) is 9.50. The summed E-state index contributed by atoms with van der Waals surface area (Å²) in [6.45, 7) is 4.83. The van der Waals surface area contributed by atoms with E-state index in [1.165, 1.54) is 36.1 Å². The van der Waals surface area contributed by atoms with Crippen molar-refractivity contribution in [3.63, 3.8) is 0 Å². The van der Waals surface area contributed by atoms with Crippen molar-refractivity contribution in [1.29, 1.82) is 0 Å². The highest BCUT2D eigenvalue weighted by molar-refractivity contribution is 8.00. The molecule has 1 atom stereocenters. The number of nitrogens with zero attached hydrogens (tertiary/aromatic N) is 5. The molecule has 0 radical (unpaired) electrons. The molecule has 3 heterocycles. The van der Waals surface area contributed by atoms with Crippen molar-refractivity contribution in [2.75, 3.05) is 6.61 Å². The van der Waals surface area contributed by atoms with Crippen LogP contribution in [0, 0.1) is 0 Å². The second-order valence-corrected chi connectivity index (χ2v) is 8.37. The van der Waals surface area contributed by atoms with Crippen LogP contribution in [0.1, 0.15) is 36.5 Å². The second-order valence-electron chi connectivity index (χ2n) is 6.40. The number of ether oxygens (including phenoxy) is 2. The van der Waals surface area contributed by atoms with E-state index < -0.39 is 0 Å². The molecule has 0 spiro atoms. The summed E-state index contributed by atoms with van der Waals surface area (Å²) in [5.41, 5.74) is 0. The molecule has 1 aromatic carbocycles. The molecule has 1 aliphatic carbocycles. The van der Waals surface area contributed by atoms with Crippen LogP contribution in [-0.4, -0.2) is 30.7 Å². The Balaban J connectivity index is 1.40. The van der Waals surface area contributed by atoms with Gasteiger partial charge in [0.05, 0.1) is 0 Å². The van der Waals surface area contributed by atoms with E-state index in [4.69, 9.17) is 9.47 Å². The van der Waals surface area contributed by atoms with E-state index in [1.54, 1.807) is 0 Å². The van der Waals surface area contributed by atoms with Crippen LogP contribution in [0.3, 0.4) is 0 Å². The first kappa shape index (κ1) is 16.8. The molecule has 1 saturated carbocycles. The minimum Gasteiger partial charge on any atom is -0.485 e.